The van der Waals surface area contributed by atoms with E-state index in [0.717, 1.165) is 17.7 Å². The monoisotopic (exact) mass is 300 g/mol. The van der Waals surface area contributed by atoms with Crippen molar-refractivity contribution in [3.8, 4) is 0 Å². The zero-order chi connectivity index (χ0) is 14.1. The van der Waals surface area contributed by atoms with Gasteiger partial charge in [-0.25, -0.2) is 0 Å². The molecule has 1 unspecified atom stereocenters. The van der Waals surface area contributed by atoms with Crippen LogP contribution in [-0.4, -0.2) is 26.1 Å². The lowest BCUT2D eigenvalue weighted by molar-refractivity contribution is -0.124. The minimum atomic E-state index is -0.0118. The van der Waals surface area contributed by atoms with Crippen molar-refractivity contribution >= 4 is 18.3 Å². The summed E-state index contributed by atoms with van der Waals surface area (Å²) in [6, 6.07) is 8.12. The van der Waals surface area contributed by atoms with E-state index in [1.54, 1.807) is 0 Å². The Morgan fingerprint density at radius 1 is 1.25 bits per heavy atom. The van der Waals surface area contributed by atoms with Gasteiger partial charge >= 0.3 is 0 Å². The summed E-state index contributed by atoms with van der Waals surface area (Å²) in [7, 11) is 1.85. The lowest BCUT2D eigenvalue weighted by atomic mass is 10.1. The molecule has 0 saturated carbocycles. The van der Waals surface area contributed by atoms with Crippen LogP contribution >= 0.6 is 12.4 Å². The fraction of sp³-hybridized carbons (Fsp3) is 0.533. The molecule has 0 aromatic heterocycles. The molecule has 0 radical (unpaired) electrons. The van der Waals surface area contributed by atoms with E-state index in [4.69, 9.17) is 4.74 Å². The summed E-state index contributed by atoms with van der Waals surface area (Å²) in [6.07, 6.45) is 0. The Hall–Kier alpha value is -1.10. The molecule has 5 heteroatoms. The van der Waals surface area contributed by atoms with Crippen molar-refractivity contribution in [3.63, 3.8) is 0 Å². The molecule has 114 valence electrons. The fourth-order valence-corrected chi connectivity index (χ4v) is 1.74. The van der Waals surface area contributed by atoms with Crippen LogP contribution in [0.1, 0.15) is 25.0 Å². The maximum absolute atomic E-state index is 11.7. The second-order valence-corrected chi connectivity index (χ2v) is 4.63. The molecule has 1 aromatic rings. The third-order valence-corrected chi connectivity index (χ3v) is 2.92. The fourth-order valence-electron chi connectivity index (χ4n) is 1.74. The van der Waals surface area contributed by atoms with Gasteiger partial charge < -0.3 is 15.4 Å². The molecule has 0 aliphatic rings. The molecule has 4 nitrogen and oxygen atoms in total. The second kappa shape index (κ2) is 10.7. The second-order valence-electron chi connectivity index (χ2n) is 4.63. The quantitative estimate of drug-likeness (QED) is 0.773. The number of halogens is 1. The smallest absolute Gasteiger partial charge is 0.224 e. The maximum atomic E-state index is 11.7. The highest BCUT2D eigenvalue weighted by Crippen LogP contribution is 2.06. The van der Waals surface area contributed by atoms with E-state index in [9.17, 15) is 4.79 Å². The highest BCUT2D eigenvalue weighted by atomic mass is 35.5. The number of hydrogen-bond donors (Lipinski definition) is 2. The molecule has 0 aliphatic heterocycles. The molecule has 20 heavy (non-hydrogen) atoms. The molecule has 1 rings (SSSR count). The Balaban J connectivity index is 0.00000361. The summed E-state index contributed by atoms with van der Waals surface area (Å²) >= 11 is 0. The van der Waals surface area contributed by atoms with Gasteiger partial charge in [0, 0.05) is 25.6 Å². The Labute approximate surface area is 127 Å². The van der Waals surface area contributed by atoms with E-state index in [0.29, 0.717) is 19.7 Å². The zero-order valence-electron chi connectivity index (χ0n) is 12.4. The molecule has 0 heterocycles. The molecule has 0 spiro atoms. The minimum Gasteiger partial charge on any atom is -0.377 e. The van der Waals surface area contributed by atoms with Gasteiger partial charge in [-0.15, -0.1) is 12.4 Å². The molecule has 1 amide bonds. The van der Waals surface area contributed by atoms with Gasteiger partial charge in [0.2, 0.25) is 5.91 Å². The van der Waals surface area contributed by atoms with Crippen LogP contribution in [0, 0.1) is 5.92 Å². The van der Waals surface area contributed by atoms with Crippen LogP contribution in [0.2, 0.25) is 0 Å². The SMILES string of the molecule is CCOCc1ccc(CNC(=O)C(C)CNC)cc1.Cl. The summed E-state index contributed by atoms with van der Waals surface area (Å²) in [6.45, 7) is 6.53. The van der Waals surface area contributed by atoms with E-state index in [-0.39, 0.29) is 24.2 Å². The number of ether oxygens (including phenoxy) is 1. The standard InChI is InChI=1S/C15H24N2O2.ClH/c1-4-19-11-14-7-5-13(6-8-14)10-17-15(18)12(2)9-16-3;/h5-8,12,16H,4,9-11H2,1-3H3,(H,17,18);1H. The van der Waals surface area contributed by atoms with Crippen molar-refractivity contribution in [2.45, 2.75) is 27.0 Å². The predicted octanol–water partition coefficient (Wildman–Crippen LogP) is 2.12. The number of carbonyl (C=O) groups is 1. The average molecular weight is 301 g/mol. The Morgan fingerprint density at radius 2 is 1.85 bits per heavy atom. The summed E-state index contributed by atoms with van der Waals surface area (Å²) < 4.78 is 5.34. The van der Waals surface area contributed by atoms with E-state index in [1.165, 1.54) is 0 Å². The zero-order valence-corrected chi connectivity index (χ0v) is 13.3. The van der Waals surface area contributed by atoms with E-state index < -0.39 is 0 Å². The molecule has 0 fully saturated rings. The first-order chi connectivity index (χ1) is 9.17. The summed E-state index contributed by atoms with van der Waals surface area (Å²) in [5.74, 6) is 0.0648. The van der Waals surface area contributed by atoms with Crippen LogP contribution in [0.4, 0.5) is 0 Å². The molecular weight excluding hydrogens is 276 g/mol. The molecule has 0 bridgehead atoms. The summed E-state index contributed by atoms with van der Waals surface area (Å²) in [4.78, 5) is 11.7. The number of rotatable bonds is 8. The molecule has 0 saturated heterocycles. The molecule has 1 aromatic carbocycles. The van der Waals surface area contributed by atoms with Gasteiger partial charge in [0.1, 0.15) is 0 Å². The van der Waals surface area contributed by atoms with Gasteiger partial charge in [-0.05, 0) is 25.1 Å². The van der Waals surface area contributed by atoms with Crippen LogP contribution in [0.5, 0.6) is 0 Å². The van der Waals surface area contributed by atoms with Crippen molar-refractivity contribution in [2.24, 2.45) is 5.92 Å². The highest BCUT2D eigenvalue weighted by molar-refractivity contribution is 5.85. The number of amides is 1. The number of nitrogens with one attached hydrogen (secondary N) is 2. The van der Waals surface area contributed by atoms with E-state index in [1.807, 2.05) is 45.2 Å². The van der Waals surface area contributed by atoms with Crippen molar-refractivity contribution in [3.05, 3.63) is 35.4 Å². The number of carbonyl (C=O) groups excluding carboxylic acids is 1. The molecular formula is C15H25ClN2O2. The molecule has 1 atom stereocenters. The average Bonchev–Trinajstić information content (AvgIpc) is 2.43. The Kier molecular flexibility index (Phi) is 10.1. The lowest BCUT2D eigenvalue weighted by Crippen LogP contribution is -2.33. The lowest BCUT2D eigenvalue weighted by Gasteiger charge is -2.11. The third kappa shape index (κ3) is 6.89. The summed E-state index contributed by atoms with van der Waals surface area (Å²) in [5, 5.41) is 5.93. The Morgan fingerprint density at radius 3 is 2.40 bits per heavy atom. The topological polar surface area (TPSA) is 50.4 Å². The normalized spacial score (nSPS) is 11.6. The van der Waals surface area contributed by atoms with Crippen LogP contribution < -0.4 is 10.6 Å². The van der Waals surface area contributed by atoms with Gasteiger partial charge in [-0.2, -0.15) is 0 Å². The van der Waals surface area contributed by atoms with Gasteiger partial charge in [0.15, 0.2) is 0 Å². The molecule has 0 aliphatic carbocycles. The first-order valence-electron chi connectivity index (χ1n) is 6.75. The van der Waals surface area contributed by atoms with Gasteiger partial charge in [0.05, 0.1) is 6.61 Å². The third-order valence-electron chi connectivity index (χ3n) is 2.92. The Bertz CT molecular complexity index is 382. The van der Waals surface area contributed by atoms with E-state index >= 15 is 0 Å². The predicted molar refractivity (Wildman–Crippen MR) is 84.0 cm³/mol. The van der Waals surface area contributed by atoms with Crippen molar-refractivity contribution in [2.75, 3.05) is 20.2 Å². The highest BCUT2D eigenvalue weighted by Gasteiger charge is 2.10. The van der Waals surface area contributed by atoms with Crippen LogP contribution in [0.15, 0.2) is 24.3 Å². The van der Waals surface area contributed by atoms with Gasteiger partial charge in [-0.3, -0.25) is 4.79 Å². The van der Waals surface area contributed by atoms with Gasteiger partial charge in [-0.1, -0.05) is 31.2 Å². The van der Waals surface area contributed by atoms with Crippen LogP contribution in [-0.2, 0) is 22.7 Å². The summed E-state index contributed by atoms with van der Waals surface area (Å²) in [5.41, 5.74) is 2.26. The maximum Gasteiger partial charge on any atom is 0.224 e. The van der Waals surface area contributed by atoms with Crippen molar-refractivity contribution in [1.29, 1.82) is 0 Å². The van der Waals surface area contributed by atoms with E-state index in [2.05, 4.69) is 10.6 Å². The minimum absolute atomic E-state index is 0. The first-order valence-corrected chi connectivity index (χ1v) is 6.75. The number of benzene rings is 1. The van der Waals surface area contributed by atoms with Crippen LogP contribution in [0.3, 0.4) is 0 Å². The largest absolute Gasteiger partial charge is 0.377 e. The van der Waals surface area contributed by atoms with Crippen LogP contribution in [0.25, 0.3) is 0 Å². The number of hydrogen-bond acceptors (Lipinski definition) is 3. The first kappa shape index (κ1) is 18.9. The van der Waals surface area contributed by atoms with Crippen molar-refractivity contribution in [1.82, 2.24) is 10.6 Å². The molecule has 2 N–H and O–H groups in total. The van der Waals surface area contributed by atoms with Gasteiger partial charge in [0.25, 0.3) is 0 Å². The van der Waals surface area contributed by atoms with Crippen molar-refractivity contribution < 1.29 is 9.53 Å².